The lowest BCUT2D eigenvalue weighted by atomic mass is 9.78. The Kier molecular flexibility index (Phi) is 8.77. The van der Waals surface area contributed by atoms with Crippen LogP contribution in [0.3, 0.4) is 0 Å². The van der Waals surface area contributed by atoms with Gasteiger partial charge in [0.15, 0.2) is 0 Å². The maximum Gasteiger partial charge on any atom is 0.261 e. The van der Waals surface area contributed by atoms with Crippen LogP contribution in [0.15, 0.2) is 108 Å². The molecule has 4 aromatic rings. The molecular formula is C40H38F2N6O. The first kappa shape index (κ1) is 32.3. The van der Waals surface area contributed by atoms with Gasteiger partial charge in [0.05, 0.1) is 11.4 Å². The topological polar surface area (TPSA) is 82.5 Å². The van der Waals surface area contributed by atoms with Crippen LogP contribution in [-0.4, -0.2) is 46.6 Å². The summed E-state index contributed by atoms with van der Waals surface area (Å²) in [5, 5.41) is 6.11. The highest BCUT2D eigenvalue weighted by atomic mass is 19.1. The van der Waals surface area contributed by atoms with E-state index < -0.39 is 23.1 Å². The van der Waals surface area contributed by atoms with Gasteiger partial charge in [-0.05, 0) is 85.0 Å². The first-order valence-corrected chi connectivity index (χ1v) is 16.6. The number of carbonyl (C=O) groups excluding carboxylic acids is 1. The summed E-state index contributed by atoms with van der Waals surface area (Å²) in [6.45, 7) is 7.03. The summed E-state index contributed by atoms with van der Waals surface area (Å²) in [6.07, 6.45) is 11.9. The van der Waals surface area contributed by atoms with Crippen molar-refractivity contribution >= 4 is 34.5 Å². The van der Waals surface area contributed by atoms with Crippen LogP contribution in [0.5, 0.6) is 0 Å². The molecular weight excluding hydrogens is 618 g/mol. The number of benzene rings is 3. The van der Waals surface area contributed by atoms with Gasteiger partial charge in [-0.1, -0.05) is 62.4 Å². The summed E-state index contributed by atoms with van der Waals surface area (Å²) in [6, 6.07) is 18.9. The molecule has 248 valence electrons. The molecule has 3 aromatic carbocycles. The van der Waals surface area contributed by atoms with E-state index >= 15 is 0 Å². The Hall–Kier alpha value is -5.28. The average molecular weight is 657 g/mol. The number of nitrogens with one attached hydrogen (secondary N) is 2. The number of hydrogen-bond donors (Lipinski definition) is 2. The Labute approximate surface area is 285 Å². The van der Waals surface area contributed by atoms with Crippen LogP contribution in [0.4, 0.5) is 26.1 Å². The molecule has 0 fully saturated rings. The van der Waals surface area contributed by atoms with Crippen molar-refractivity contribution in [2.24, 2.45) is 10.9 Å². The van der Waals surface area contributed by atoms with Gasteiger partial charge in [0.2, 0.25) is 5.95 Å². The van der Waals surface area contributed by atoms with Crippen LogP contribution < -0.4 is 10.6 Å². The molecule has 2 aliphatic heterocycles. The molecule has 1 amide bonds. The van der Waals surface area contributed by atoms with E-state index in [1.54, 1.807) is 24.4 Å². The maximum atomic E-state index is 14.4. The molecule has 7 nitrogen and oxygen atoms in total. The van der Waals surface area contributed by atoms with Crippen molar-refractivity contribution in [1.29, 1.82) is 0 Å². The fourth-order valence-electron chi connectivity index (χ4n) is 7.27. The van der Waals surface area contributed by atoms with Crippen LogP contribution in [0.2, 0.25) is 0 Å². The minimum absolute atomic E-state index is 0.0615. The number of nitrogens with zero attached hydrogens (tertiary/aromatic N) is 4. The van der Waals surface area contributed by atoms with Gasteiger partial charge in [0.25, 0.3) is 5.91 Å². The Morgan fingerprint density at radius 2 is 1.80 bits per heavy atom. The number of rotatable bonds is 6. The fraction of sp³-hybridized carbons (Fsp3) is 0.250. The normalized spacial score (nSPS) is 18.6. The second-order valence-corrected chi connectivity index (χ2v) is 13.5. The summed E-state index contributed by atoms with van der Waals surface area (Å²) < 4.78 is 28.8. The second kappa shape index (κ2) is 13.3. The van der Waals surface area contributed by atoms with Crippen molar-refractivity contribution in [2.45, 2.75) is 38.6 Å². The minimum Gasteiger partial charge on any atom is -0.324 e. The predicted octanol–water partition coefficient (Wildman–Crippen LogP) is 8.25. The van der Waals surface area contributed by atoms with Gasteiger partial charge in [-0.3, -0.25) is 9.79 Å². The molecule has 3 aliphatic rings. The van der Waals surface area contributed by atoms with Crippen LogP contribution in [0, 0.1) is 17.6 Å². The van der Waals surface area contributed by atoms with E-state index in [4.69, 9.17) is 9.98 Å². The van der Waals surface area contributed by atoms with Gasteiger partial charge in [-0.25, -0.2) is 18.7 Å². The number of anilines is 3. The summed E-state index contributed by atoms with van der Waals surface area (Å²) in [5.74, 6) is -2.01. The van der Waals surface area contributed by atoms with Crippen molar-refractivity contribution in [2.75, 3.05) is 30.8 Å². The number of carbonyl (C=O) groups is 1. The smallest absolute Gasteiger partial charge is 0.261 e. The first-order chi connectivity index (χ1) is 23.7. The third-order valence-corrected chi connectivity index (χ3v) is 9.35. The molecule has 1 atom stereocenters. The third kappa shape index (κ3) is 6.71. The maximum absolute atomic E-state index is 14.4. The quantitative estimate of drug-likeness (QED) is 0.219. The van der Waals surface area contributed by atoms with E-state index in [1.807, 2.05) is 18.2 Å². The first-order valence-electron chi connectivity index (χ1n) is 16.6. The molecule has 0 bridgehead atoms. The van der Waals surface area contributed by atoms with Crippen LogP contribution in [-0.2, 0) is 12.0 Å². The number of allylic oxidation sites excluding steroid dienone is 6. The van der Waals surface area contributed by atoms with Crippen molar-refractivity contribution in [3.8, 4) is 0 Å². The molecule has 0 spiro atoms. The molecule has 9 heteroatoms. The number of aromatic nitrogens is 2. The van der Waals surface area contributed by atoms with Crippen LogP contribution in [0.25, 0.3) is 5.57 Å². The highest BCUT2D eigenvalue weighted by Crippen LogP contribution is 2.37. The molecule has 2 N–H and O–H groups in total. The molecule has 3 heterocycles. The van der Waals surface area contributed by atoms with Gasteiger partial charge < -0.3 is 15.5 Å². The zero-order valence-electron chi connectivity index (χ0n) is 27.8. The van der Waals surface area contributed by atoms with Crippen LogP contribution in [0.1, 0.15) is 59.4 Å². The molecule has 1 aromatic heterocycles. The second-order valence-electron chi connectivity index (χ2n) is 13.5. The monoisotopic (exact) mass is 656 g/mol. The summed E-state index contributed by atoms with van der Waals surface area (Å²) in [5.41, 5.74) is 7.56. The number of fused-ring (bicyclic) bond motifs is 2. The number of likely N-dealkylation sites (N-methyl/N-ethyl adjacent to an activating group) is 1. The SMILES string of the molecule is CN1Cc2cc(Nc3nccc(C4=C5C=CC=CCC5CCN=C4c4cccc(NC(=O)c5c(F)cccc5F)c4)n3)ccc2C(C)(C)C1. The van der Waals surface area contributed by atoms with Gasteiger partial charge in [-0.15, -0.1) is 0 Å². The van der Waals surface area contributed by atoms with E-state index in [9.17, 15) is 13.6 Å². The Morgan fingerprint density at radius 1 is 0.980 bits per heavy atom. The summed E-state index contributed by atoms with van der Waals surface area (Å²) >= 11 is 0. The summed E-state index contributed by atoms with van der Waals surface area (Å²) in [4.78, 5) is 30.0. The molecule has 49 heavy (non-hydrogen) atoms. The standard InChI is InChI=1S/C40H38F2N6O/c1-40(2)24-48(3)23-27-22-29(15-16-31(27)40)46-39-44-20-18-34(47-39)35-30-12-6-4-5-9-25(30)17-19-43-37(35)26-10-7-11-28(21-26)45-38(49)36-32(41)13-8-14-33(36)42/h4-8,10-16,18,20-22,25H,9,17,19,23-24H2,1-3H3,(H,45,49)(H,44,46,47). The van der Waals surface area contributed by atoms with E-state index in [-0.39, 0.29) is 11.3 Å². The van der Waals surface area contributed by atoms with Gasteiger partial charge >= 0.3 is 0 Å². The largest absolute Gasteiger partial charge is 0.324 e. The van der Waals surface area contributed by atoms with Crippen molar-refractivity contribution in [3.63, 3.8) is 0 Å². The molecule has 7 rings (SSSR count). The van der Waals surface area contributed by atoms with E-state index in [0.717, 1.165) is 66.2 Å². The van der Waals surface area contributed by atoms with E-state index in [0.29, 0.717) is 23.9 Å². The Bertz CT molecular complexity index is 2040. The van der Waals surface area contributed by atoms with Gasteiger partial charge in [0.1, 0.15) is 17.2 Å². The lowest BCUT2D eigenvalue weighted by molar-refractivity contribution is 0.101. The van der Waals surface area contributed by atoms with Crippen molar-refractivity contribution in [1.82, 2.24) is 14.9 Å². The minimum atomic E-state index is -0.923. The molecule has 0 radical (unpaired) electrons. The van der Waals surface area contributed by atoms with Gasteiger partial charge in [0, 0.05) is 53.8 Å². The number of aliphatic imine (C=N–C) groups is 1. The van der Waals surface area contributed by atoms with E-state index in [1.165, 1.54) is 17.2 Å². The lowest BCUT2D eigenvalue weighted by Crippen LogP contribution is -2.39. The predicted molar refractivity (Wildman–Crippen MR) is 191 cm³/mol. The van der Waals surface area contributed by atoms with Crippen molar-refractivity contribution in [3.05, 3.63) is 142 Å². The van der Waals surface area contributed by atoms with E-state index in [2.05, 4.69) is 77.8 Å². The lowest BCUT2D eigenvalue weighted by Gasteiger charge is -2.38. The number of hydrogen-bond acceptors (Lipinski definition) is 6. The highest BCUT2D eigenvalue weighted by Gasteiger charge is 2.30. The zero-order chi connectivity index (χ0) is 34.1. The average Bonchev–Trinajstić information content (AvgIpc) is 3.39. The Morgan fingerprint density at radius 3 is 2.63 bits per heavy atom. The highest BCUT2D eigenvalue weighted by molar-refractivity contribution is 6.33. The molecule has 1 unspecified atom stereocenters. The molecule has 0 saturated heterocycles. The molecule has 0 saturated carbocycles. The number of amides is 1. The van der Waals surface area contributed by atoms with Crippen molar-refractivity contribution < 1.29 is 13.6 Å². The number of halogens is 2. The molecule has 1 aliphatic carbocycles. The third-order valence-electron chi connectivity index (χ3n) is 9.35. The zero-order valence-corrected chi connectivity index (χ0v) is 27.8. The van der Waals surface area contributed by atoms with Crippen LogP contribution >= 0.6 is 0 Å². The Balaban J connectivity index is 1.25. The fourth-order valence-corrected chi connectivity index (χ4v) is 7.27. The summed E-state index contributed by atoms with van der Waals surface area (Å²) in [7, 11) is 2.15. The van der Waals surface area contributed by atoms with Gasteiger partial charge in [-0.2, -0.15) is 0 Å².